The lowest BCUT2D eigenvalue weighted by atomic mass is 9.87. The maximum Gasteiger partial charge on any atom is 0.255 e. The largest absolute Gasteiger partial charge is 0.324 e. The predicted molar refractivity (Wildman–Crippen MR) is 147 cm³/mol. The number of nitrogens with zero attached hydrogens (tertiary/aromatic N) is 1. The van der Waals surface area contributed by atoms with Gasteiger partial charge in [0.1, 0.15) is 6.54 Å². The van der Waals surface area contributed by atoms with Crippen molar-refractivity contribution in [2.24, 2.45) is 0 Å². The highest BCUT2D eigenvalue weighted by molar-refractivity contribution is 7.92. The highest BCUT2D eigenvalue weighted by Crippen LogP contribution is 2.30. The van der Waals surface area contributed by atoms with Crippen LogP contribution in [0.1, 0.15) is 36.7 Å². The summed E-state index contributed by atoms with van der Waals surface area (Å²) in [7, 11) is -3.82. The third kappa shape index (κ3) is 7.22. The Bertz CT molecular complexity index is 1390. The van der Waals surface area contributed by atoms with Crippen molar-refractivity contribution in [3.05, 3.63) is 87.9 Å². The molecule has 0 heterocycles. The zero-order valence-corrected chi connectivity index (χ0v) is 22.6. The number of nitrogens with one attached hydrogen (secondary N) is 2. The molecule has 190 valence electrons. The molecular weight excluding hydrogens is 521 g/mol. The van der Waals surface area contributed by atoms with E-state index in [0.717, 1.165) is 16.1 Å². The van der Waals surface area contributed by atoms with Crippen molar-refractivity contribution in [2.75, 3.05) is 27.7 Å². The number of benzene rings is 3. The van der Waals surface area contributed by atoms with E-state index >= 15 is 0 Å². The van der Waals surface area contributed by atoms with Crippen molar-refractivity contribution in [3.63, 3.8) is 0 Å². The lowest BCUT2D eigenvalue weighted by molar-refractivity contribution is -0.114. The van der Waals surface area contributed by atoms with E-state index in [-0.39, 0.29) is 22.0 Å². The van der Waals surface area contributed by atoms with E-state index < -0.39 is 22.5 Å². The first-order valence-electron chi connectivity index (χ1n) is 11.0. The van der Waals surface area contributed by atoms with Gasteiger partial charge in [-0.1, -0.05) is 62.2 Å². The van der Waals surface area contributed by atoms with Gasteiger partial charge in [0.15, 0.2) is 0 Å². The number of rotatable bonds is 7. The Kier molecular flexibility index (Phi) is 8.33. The number of anilines is 3. The summed E-state index contributed by atoms with van der Waals surface area (Å²) in [5.74, 6) is -0.882. The average molecular weight is 548 g/mol. The fourth-order valence-electron chi connectivity index (χ4n) is 3.40. The van der Waals surface area contributed by atoms with Gasteiger partial charge in [0.25, 0.3) is 5.91 Å². The molecule has 0 aromatic heterocycles. The summed E-state index contributed by atoms with van der Waals surface area (Å²) in [6.07, 6.45) is 0.982. The van der Waals surface area contributed by atoms with Crippen LogP contribution in [0.4, 0.5) is 17.1 Å². The summed E-state index contributed by atoms with van der Waals surface area (Å²) in [4.78, 5) is 25.4. The van der Waals surface area contributed by atoms with Gasteiger partial charge in [-0.05, 0) is 59.5 Å². The Balaban J connectivity index is 1.71. The molecule has 0 saturated carbocycles. The first kappa shape index (κ1) is 27.5. The van der Waals surface area contributed by atoms with E-state index in [1.807, 2.05) is 12.1 Å². The molecule has 0 atom stereocenters. The zero-order valence-electron chi connectivity index (χ0n) is 20.3. The second-order valence-corrected chi connectivity index (χ2v) is 12.0. The van der Waals surface area contributed by atoms with Crippen molar-refractivity contribution in [1.29, 1.82) is 0 Å². The molecule has 0 radical (unpaired) electrons. The third-order valence-electron chi connectivity index (χ3n) is 5.28. The monoisotopic (exact) mass is 547 g/mol. The minimum absolute atomic E-state index is 0.0207. The fourth-order valence-corrected chi connectivity index (χ4v) is 4.82. The number of amides is 2. The van der Waals surface area contributed by atoms with Crippen LogP contribution in [0, 0.1) is 0 Å². The topological polar surface area (TPSA) is 95.6 Å². The molecule has 10 heteroatoms. The number of hydrogen-bond donors (Lipinski definition) is 2. The summed E-state index contributed by atoms with van der Waals surface area (Å²) < 4.78 is 25.6. The van der Waals surface area contributed by atoms with Crippen LogP contribution < -0.4 is 14.9 Å². The van der Waals surface area contributed by atoms with Gasteiger partial charge in [-0.25, -0.2) is 8.42 Å². The highest BCUT2D eigenvalue weighted by Gasteiger charge is 2.23. The molecular formula is C26H27Cl2N3O4S. The van der Waals surface area contributed by atoms with Gasteiger partial charge in [0.05, 0.1) is 17.0 Å². The van der Waals surface area contributed by atoms with Crippen LogP contribution in [0.15, 0.2) is 66.7 Å². The second kappa shape index (κ2) is 10.9. The fraction of sp³-hybridized carbons (Fsp3) is 0.231. The minimum Gasteiger partial charge on any atom is -0.324 e. The first-order chi connectivity index (χ1) is 16.7. The maximum atomic E-state index is 12.7. The molecule has 0 aliphatic carbocycles. The quantitative estimate of drug-likeness (QED) is 0.382. The normalized spacial score (nSPS) is 11.6. The zero-order chi connectivity index (χ0) is 26.7. The molecule has 0 aliphatic rings. The van der Waals surface area contributed by atoms with Gasteiger partial charge in [0.2, 0.25) is 15.9 Å². The molecule has 0 aliphatic heterocycles. The molecule has 0 spiro atoms. The van der Waals surface area contributed by atoms with E-state index in [2.05, 4.69) is 31.4 Å². The van der Waals surface area contributed by atoms with Gasteiger partial charge in [-0.2, -0.15) is 0 Å². The molecule has 3 aromatic carbocycles. The SMILES string of the molecule is CC(C)(C)c1ccc(C(=O)Nc2cccc(NC(=O)CN(c3ccc(Cl)cc3Cl)S(C)(=O)=O)c2)cc1. The van der Waals surface area contributed by atoms with Gasteiger partial charge in [-0.15, -0.1) is 0 Å². The van der Waals surface area contributed by atoms with Crippen LogP contribution in [0.5, 0.6) is 0 Å². The first-order valence-corrected chi connectivity index (χ1v) is 13.6. The Hall–Kier alpha value is -3.07. The molecule has 0 unspecified atom stereocenters. The number of halogens is 2. The number of carbonyl (C=O) groups is 2. The molecule has 7 nitrogen and oxygen atoms in total. The van der Waals surface area contributed by atoms with Crippen molar-refractivity contribution in [1.82, 2.24) is 0 Å². The van der Waals surface area contributed by atoms with Crippen molar-refractivity contribution < 1.29 is 18.0 Å². The van der Waals surface area contributed by atoms with E-state index in [9.17, 15) is 18.0 Å². The predicted octanol–water partition coefficient (Wildman–Crippen LogP) is 5.95. The van der Waals surface area contributed by atoms with Gasteiger partial charge >= 0.3 is 0 Å². The molecule has 0 saturated heterocycles. The maximum absolute atomic E-state index is 12.7. The van der Waals surface area contributed by atoms with Gasteiger partial charge in [-0.3, -0.25) is 13.9 Å². The van der Waals surface area contributed by atoms with E-state index in [4.69, 9.17) is 23.2 Å². The van der Waals surface area contributed by atoms with Crippen molar-refractivity contribution in [3.8, 4) is 0 Å². The number of hydrogen-bond acceptors (Lipinski definition) is 4. The highest BCUT2D eigenvalue weighted by atomic mass is 35.5. The van der Waals surface area contributed by atoms with Crippen LogP contribution >= 0.6 is 23.2 Å². The summed E-state index contributed by atoms with van der Waals surface area (Å²) in [6, 6.07) is 18.3. The minimum atomic E-state index is -3.82. The molecule has 3 rings (SSSR count). The smallest absolute Gasteiger partial charge is 0.255 e. The summed E-state index contributed by atoms with van der Waals surface area (Å²) in [5, 5.41) is 5.90. The Labute approximate surface area is 221 Å². The molecule has 2 N–H and O–H groups in total. The Morgan fingerprint density at radius 3 is 2.06 bits per heavy atom. The van der Waals surface area contributed by atoms with Crippen LogP contribution in [0.2, 0.25) is 10.0 Å². The standard InChI is InChI=1S/C26H27Cl2N3O4S/c1-26(2,3)18-10-8-17(9-11-18)25(33)30-21-7-5-6-20(15-21)29-24(32)16-31(36(4,34)35)23-13-12-19(27)14-22(23)28/h5-15H,16H2,1-4H3,(H,29,32)(H,30,33). The molecule has 36 heavy (non-hydrogen) atoms. The van der Waals surface area contributed by atoms with Crippen LogP contribution in [0.3, 0.4) is 0 Å². The average Bonchev–Trinajstić information content (AvgIpc) is 2.77. The molecule has 2 amide bonds. The lowest BCUT2D eigenvalue weighted by Crippen LogP contribution is -2.37. The van der Waals surface area contributed by atoms with E-state index in [1.165, 1.54) is 18.2 Å². The Morgan fingerprint density at radius 2 is 1.50 bits per heavy atom. The molecule has 3 aromatic rings. The third-order valence-corrected chi connectivity index (χ3v) is 6.95. The van der Waals surface area contributed by atoms with E-state index in [0.29, 0.717) is 22.0 Å². The summed E-state index contributed by atoms with van der Waals surface area (Å²) in [5.41, 5.74) is 2.59. The molecule has 0 fully saturated rings. The van der Waals surface area contributed by atoms with Crippen LogP contribution in [0.25, 0.3) is 0 Å². The number of sulfonamides is 1. The second-order valence-electron chi connectivity index (χ2n) is 9.28. The number of carbonyl (C=O) groups excluding carboxylic acids is 2. The summed E-state index contributed by atoms with van der Waals surface area (Å²) >= 11 is 12.1. The van der Waals surface area contributed by atoms with E-state index in [1.54, 1.807) is 36.4 Å². The van der Waals surface area contributed by atoms with Gasteiger partial charge < -0.3 is 10.6 Å². The van der Waals surface area contributed by atoms with Crippen molar-refractivity contribution in [2.45, 2.75) is 26.2 Å². The lowest BCUT2D eigenvalue weighted by Gasteiger charge is -2.23. The van der Waals surface area contributed by atoms with Crippen molar-refractivity contribution >= 4 is 62.1 Å². The van der Waals surface area contributed by atoms with Crippen LogP contribution in [-0.2, 0) is 20.2 Å². The van der Waals surface area contributed by atoms with Crippen LogP contribution in [-0.4, -0.2) is 33.0 Å². The Morgan fingerprint density at radius 1 is 0.889 bits per heavy atom. The summed E-state index contributed by atoms with van der Waals surface area (Å²) in [6.45, 7) is 5.79. The van der Waals surface area contributed by atoms with Gasteiger partial charge in [0, 0.05) is 22.0 Å². The molecule has 0 bridgehead atoms.